The molecule has 1 aliphatic heterocycles. The van der Waals surface area contributed by atoms with Gasteiger partial charge in [-0.15, -0.1) is 0 Å². The smallest absolute Gasteiger partial charge is 0.338 e. The van der Waals surface area contributed by atoms with E-state index in [4.69, 9.17) is 10.00 Å². The standard InChI is InChI=1S/C18H22N4O5/c1-13-4-2-9-21(11-13)15-6-5-14(10-16(15)22(25)26)18(24)27-12-17(23)20-8-3-7-19/h5-6,10,13H,2-4,8-9,11-12H2,1H3,(H,20,23). The highest BCUT2D eigenvalue weighted by atomic mass is 16.6. The normalized spacial score (nSPS) is 16.3. The predicted octanol–water partition coefficient (Wildman–Crippen LogP) is 2.02. The Kier molecular flexibility index (Phi) is 7.11. The first kappa shape index (κ1) is 20.2. The van der Waals surface area contributed by atoms with Crippen LogP contribution in [0.5, 0.6) is 0 Å². The highest BCUT2D eigenvalue weighted by Gasteiger charge is 2.25. The summed E-state index contributed by atoms with van der Waals surface area (Å²) in [6, 6.07) is 6.09. The van der Waals surface area contributed by atoms with Crippen molar-refractivity contribution in [1.29, 1.82) is 5.26 Å². The minimum Gasteiger partial charge on any atom is -0.452 e. The monoisotopic (exact) mass is 374 g/mol. The molecule has 1 saturated heterocycles. The molecule has 1 aromatic rings. The maximum atomic E-state index is 12.1. The first-order chi connectivity index (χ1) is 12.9. The van der Waals surface area contributed by atoms with Gasteiger partial charge in [0.15, 0.2) is 6.61 Å². The van der Waals surface area contributed by atoms with Crippen molar-refractivity contribution in [2.45, 2.75) is 26.2 Å². The van der Waals surface area contributed by atoms with Gasteiger partial charge in [0.2, 0.25) is 0 Å². The molecule has 1 atom stereocenters. The number of benzene rings is 1. The molecular weight excluding hydrogens is 352 g/mol. The van der Waals surface area contributed by atoms with Gasteiger partial charge in [0.25, 0.3) is 11.6 Å². The molecule has 2 rings (SSSR count). The van der Waals surface area contributed by atoms with E-state index in [0.29, 0.717) is 11.6 Å². The Morgan fingerprint density at radius 3 is 2.93 bits per heavy atom. The number of nitrogens with one attached hydrogen (secondary N) is 1. The molecule has 1 aromatic carbocycles. The highest BCUT2D eigenvalue weighted by Crippen LogP contribution is 2.32. The van der Waals surface area contributed by atoms with Crippen molar-refractivity contribution in [3.8, 4) is 6.07 Å². The first-order valence-corrected chi connectivity index (χ1v) is 8.76. The molecule has 1 N–H and O–H groups in total. The number of piperidine rings is 1. The summed E-state index contributed by atoms with van der Waals surface area (Å²) in [5.41, 5.74) is 0.342. The molecule has 0 spiro atoms. The number of nitro benzene ring substituents is 1. The van der Waals surface area contributed by atoms with Gasteiger partial charge >= 0.3 is 5.97 Å². The van der Waals surface area contributed by atoms with Crippen LogP contribution in [0, 0.1) is 27.4 Å². The zero-order chi connectivity index (χ0) is 19.8. The summed E-state index contributed by atoms with van der Waals surface area (Å²) in [6.07, 6.45) is 2.20. The average molecular weight is 374 g/mol. The van der Waals surface area contributed by atoms with Crippen LogP contribution in [-0.4, -0.2) is 43.0 Å². The van der Waals surface area contributed by atoms with Crippen molar-refractivity contribution in [2.75, 3.05) is 31.1 Å². The minimum absolute atomic E-state index is 0.0142. The van der Waals surface area contributed by atoms with Crippen molar-refractivity contribution >= 4 is 23.3 Å². The summed E-state index contributed by atoms with van der Waals surface area (Å²) in [4.78, 5) is 36.5. The summed E-state index contributed by atoms with van der Waals surface area (Å²) in [6.45, 7) is 3.22. The summed E-state index contributed by atoms with van der Waals surface area (Å²) >= 11 is 0. The van der Waals surface area contributed by atoms with Gasteiger partial charge in [0.1, 0.15) is 5.69 Å². The van der Waals surface area contributed by atoms with Crippen LogP contribution in [0.1, 0.15) is 36.5 Å². The number of rotatable bonds is 7. The van der Waals surface area contributed by atoms with Crippen molar-refractivity contribution < 1.29 is 19.2 Å². The second kappa shape index (κ2) is 9.52. The number of ether oxygens (including phenoxy) is 1. The molecule has 0 saturated carbocycles. The summed E-state index contributed by atoms with van der Waals surface area (Å²) < 4.78 is 4.89. The Labute approximate surface area is 157 Å². The third-order valence-corrected chi connectivity index (χ3v) is 4.30. The van der Waals surface area contributed by atoms with E-state index in [1.807, 2.05) is 11.0 Å². The van der Waals surface area contributed by atoms with Crippen molar-refractivity contribution in [3.63, 3.8) is 0 Å². The Balaban J connectivity index is 2.06. The van der Waals surface area contributed by atoms with Gasteiger partial charge in [-0.05, 0) is 30.9 Å². The lowest BCUT2D eigenvalue weighted by molar-refractivity contribution is -0.384. The van der Waals surface area contributed by atoms with E-state index >= 15 is 0 Å². The van der Waals surface area contributed by atoms with Crippen LogP contribution in [0.3, 0.4) is 0 Å². The largest absolute Gasteiger partial charge is 0.452 e. The number of hydrogen-bond donors (Lipinski definition) is 1. The maximum absolute atomic E-state index is 12.1. The molecule has 27 heavy (non-hydrogen) atoms. The van der Waals surface area contributed by atoms with E-state index in [9.17, 15) is 19.7 Å². The molecule has 0 radical (unpaired) electrons. The number of carbonyl (C=O) groups is 2. The molecular formula is C18H22N4O5. The van der Waals surface area contributed by atoms with Crippen LogP contribution < -0.4 is 10.2 Å². The number of nitriles is 1. The lowest BCUT2D eigenvalue weighted by atomic mass is 9.99. The quantitative estimate of drug-likeness (QED) is 0.335. The molecule has 9 heteroatoms. The number of amides is 1. The third kappa shape index (κ3) is 5.67. The number of carbonyl (C=O) groups excluding carboxylic acids is 2. The molecule has 1 heterocycles. The van der Waals surface area contributed by atoms with Gasteiger partial charge < -0.3 is 15.0 Å². The van der Waals surface area contributed by atoms with E-state index in [2.05, 4.69) is 12.2 Å². The fraction of sp³-hybridized carbons (Fsp3) is 0.500. The van der Waals surface area contributed by atoms with Gasteiger partial charge in [-0.3, -0.25) is 14.9 Å². The number of nitro groups is 1. The predicted molar refractivity (Wildman–Crippen MR) is 97.2 cm³/mol. The van der Waals surface area contributed by atoms with E-state index < -0.39 is 23.4 Å². The lowest BCUT2D eigenvalue weighted by Gasteiger charge is -2.32. The van der Waals surface area contributed by atoms with Crippen molar-refractivity contribution in [3.05, 3.63) is 33.9 Å². The van der Waals surface area contributed by atoms with E-state index in [1.165, 1.54) is 12.1 Å². The fourth-order valence-electron chi connectivity index (χ4n) is 3.00. The second-order valence-electron chi connectivity index (χ2n) is 6.49. The van der Waals surface area contributed by atoms with E-state index in [0.717, 1.165) is 25.9 Å². The Hall–Kier alpha value is -3.15. The van der Waals surface area contributed by atoms with Gasteiger partial charge in [-0.1, -0.05) is 6.92 Å². The van der Waals surface area contributed by atoms with Gasteiger partial charge in [-0.2, -0.15) is 5.26 Å². The van der Waals surface area contributed by atoms with Gasteiger partial charge in [0.05, 0.1) is 23.0 Å². The van der Waals surface area contributed by atoms with Gasteiger partial charge in [0, 0.05) is 25.7 Å². The minimum atomic E-state index is -0.813. The Morgan fingerprint density at radius 2 is 2.26 bits per heavy atom. The van der Waals surface area contributed by atoms with Crippen LogP contribution in [0.2, 0.25) is 0 Å². The van der Waals surface area contributed by atoms with Crippen LogP contribution >= 0.6 is 0 Å². The van der Waals surface area contributed by atoms with Crippen molar-refractivity contribution in [2.24, 2.45) is 5.92 Å². The summed E-state index contributed by atoms with van der Waals surface area (Å²) in [5.74, 6) is -0.901. The Morgan fingerprint density at radius 1 is 1.48 bits per heavy atom. The molecule has 1 amide bonds. The molecule has 144 valence electrons. The highest BCUT2D eigenvalue weighted by molar-refractivity contribution is 5.93. The molecule has 0 aliphatic carbocycles. The van der Waals surface area contributed by atoms with Crippen LogP contribution in [0.25, 0.3) is 0 Å². The topological polar surface area (TPSA) is 126 Å². The second-order valence-corrected chi connectivity index (χ2v) is 6.49. The molecule has 1 fully saturated rings. The maximum Gasteiger partial charge on any atom is 0.338 e. The number of nitrogens with zero attached hydrogens (tertiary/aromatic N) is 3. The number of hydrogen-bond acceptors (Lipinski definition) is 7. The molecule has 1 unspecified atom stereocenters. The zero-order valence-electron chi connectivity index (χ0n) is 15.1. The van der Waals surface area contributed by atoms with Crippen LogP contribution in [0.15, 0.2) is 18.2 Å². The summed E-state index contributed by atoms with van der Waals surface area (Å²) in [7, 11) is 0. The van der Waals surface area contributed by atoms with Gasteiger partial charge in [-0.25, -0.2) is 4.79 Å². The number of anilines is 1. The zero-order valence-corrected chi connectivity index (χ0v) is 15.1. The lowest BCUT2D eigenvalue weighted by Crippen LogP contribution is -2.34. The van der Waals surface area contributed by atoms with Crippen LogP contribution in [0.4, 0.5) is 11.4 Å². The third-order valence-electron chi connectivity index (χ3n) is 4.30. The summed E-state index contributed by atoms with van der Waals surface area (Å²) in [5, 5.41) is 22.3. The first-order valence-electron chi connectivity index (χ1n) is 8.76. The molecule has 0 aromatic heterocycles. The van der Waals surface area contributed by atoms with Crippen LogP contribution in [-0.2, 0) is 9.53 Å². The van der Waals surface area contributed by atoms with Crippen molar-refractivity contribution in [1.82, 2.24) is 5.32 Å². The fourth-order valence-corrected chi connectivity index (χ4v) is 3.00. The SMILES string of the molecule is CC1CCCN(c2ccc(C(=O)OCC(=O)NCCC#N)cc2[N+](=O)[O-])C1. The Bertz CT molecular complexity index is 759. The average Bonchev–Trinajstić information content (AvgIpc) is 2.65. The van der Waals surface area contributed by atoms with E-state index in [-0.39, 0.29) is 24.2 Å². The number of esters is 1. The molecule has 0 bridgehead atoms. The van der Waals surface area contributed by atoms with E-state index in [1.54, 1.807) is 6.07 Å². The molecule has 9 nitrogen and oxygen atoms in total. The molecule has 1 aliphatic rings.